The van der Waals surface area contributed by atoms with E-state index in [-0.39, 0.29) is 11.8 Å². The molecule has 1 aromatic carbocycles. The van der Waals surface area contributed by atoms with Crippen LogP contribution in [0.5, 0.6) is 5.88 Å². The van der Waals surface area contributed by atoms with Crippen molar-refractivity contribution in [3.8, 4) is 16.3 Å². The van der Waals surface area contributed by atoms with Crippen molar-refractivity contribution in [2.75, 3.05) is 50.5 Å². The highest BCUT2D eigenvalue weighted by Crippen LogP contribution is 2.42. The molecule has 1 fully saturated rings. The molecule has 2 amide bonds. The molecule has 0 radical (unpaired) electrons. The van der Waals surface area contributed by atoms with E-state index in [1.54, 1.807) is 16.9 Å². The molecule has 2 aliphatic rings. The lowest BCUT2D eigenvalue weighted by Crippen LogP contribution is -2.43. The molecule has 4 aromatic rings. The van der Waals surface area contributed by atoms with Gasteiger partial charge in [-0.15, -0.1) is 11.3 Å². The minimum Gasteiger partial charge on any atom is -0.477 e. The summed E-state index contributed by atoms with van der Waals surface area (Å²) in [6, 6.07) is 8.10. The number of aryl methyl sites for hydroxylation is 1. The van der Waals surface area contributed by atoms with Gasteiger partial charge in [0.15, 0.2) is 0 Å². The topological polar surface area (TPSA) is 110 Å². The van der Waals surface area contributed by atoms with E-state index in [2.05, 4.69) is 68.8 Å². The van der Waals surface area contributed by atoms with E-state index in [4.69, 9.17) is 9.72 Å². The van der Waals surface area contributed by atoms with Gasteiger partial charge in [0.25, 0.3) is 5.91 Å². The highest BCUT2D eigenvalue weighted by molar-refractivity contribution is 7.18. The number of carbonyl (C=O) groups excluding carboxylic acids is 2. The molecule has 226 valence electrons. The number of ether oxygens (including phenoxy) is 1. The summed E-state index contributed by atoms with van der Waals surface area (Å²) in [5.74, 6) is 0.770. The highest BCUT2D eigenvalue weighted by Gasteiger charge is 2.25. The fourth-order valence-electron chi connectivity index (χ4n) is 5.71. The van der Waals surface area contributed by atoms with Crippen molar-refractivity contribution in [3.63, 3.8) is 0 Å². The molecule has 3 aromatic heterocycles. The second-order valence-electron chi connectivity index (χ2n) is 11.5. The van der Waals surface area contributed by atoms with Crippen molar-refractivity contribution in [1.29, 1.82) is 0 Å². The number of fused-ring (bicyclic) bond motifs is 7. The minimum atomic E-state index is -0.366. The number of nitrogens with one attached hydrogen (secondary N) is 2. The Morgan fingerprint density at radius 3 is 2.84 bits per heavy atom. The van der Waals surface area contributed by atoms with Gasteiger partial charge in [0.1, 0.15) is 0 Å². The normalized spacial score (nSPS) is 18.6. The average Bonchev–Trinajstić information content (AvgIpc) is 3.67. The third kappa shape index (κ3) is 6.22. The Kier molecular flexibility index (Phi) is 8.33. The molecule has 0 unspecified atom stereocenters. The summed E-state index contributed by atoms with van der Waals surface area (Å²) in [5.41, 5.74) is 4.31. The second kappa shape index (κ2) is 12.3. The first-order chi connectivity index (χ1) is 20.8. The lowest BCUT2D eigenvalue weighted by Gasteiger charge is -2.32. The maximum atomic E-state index is 13.7. The maximum absolute atomic E-state index is 13.7. The number of rotatable bonds is 4. The number of piperazine rings is 1. The van der Waals surface area contributed by atoms with E-state index in [9.17, 15) is 9.59 Å². The maximum Gasteiger partial charge on any atom is 0.268 e. The predicted octanol–water partition coefficient (Wildman–Crippen LogP) is 4.43. The summed E-state index contributed by atoms with van der Waals surface area (Å²) < 4.78 is 10.0. The average molecular weight is 603 g/mol. The minimum absolute atomic E-state index is 0.298. The number of amides is 2. The van der Waals surface area contributed by atoms with Gasteiger partial charge >= 0.3 is 0 Å². The number of benzene rings is 1. The van der Waals surface area contributed by atoms with Crippen LogP contribution in [0.25, 0.3) is 21.5 Å². The van der Waals surface area contributed by atoms with Crippen LogP contribution < -0.4 is 15.4 Å². The van der Waals surface area contributed by atoms with Crippen LogP contribution in [0.1, 0.15) is 35.0 Å². The van der Waals surface area contributed by atoms with Crippen molar-refractivity contribution in [2.45, 2.75) is 32.9 Å². The van der Waals surface area contributed by atoms with Crippen molar-refractivity contribution in [3.05, 3.63) is 53.6 Å². The summed E-state index contributed by atoms with van der Waals surface area (Å²) in [7, 11) is 3.99. The van der Waals surface area contributed by atoms with Crippen LogP contribution in [-0.4, -0.2) is 80.8 Å². The molecule has 12 heteroatoms. The first kappa shape index (κ1) is 29.1. The van der Waals surface area contributed by atoms with Crippen LogP contribution in [0, 0.1) is 5.92 Å². The summed E-state index contributed by atoms with van der Waals surface area (Å²) in [6.45, 7) is 12.1. The molecule has 2 bridgehead atoms. The second-order valence-corrected chi connectivity index (χ2v) is 12.6. The van der Waals surface area contributed by atoms with Gasteiger partial charge in [-0.1, -0.05) is 19.6 Å². The standard InChI is InChI=1S/C31H38N8O3S/c1-5-27(40)33-24-16-26-29(41)35-31-34-23-9-8-21(19-38-12-10-36(3)11-13-38)15-25(23)39(31)18-20(2)7-6-14-42-30-22(28(24)43-26)17-32-37(30)4/h5,8-9,15-17,20H,1,6-7,10-14,18-19H2,2-4H3,(H,33,40)(H,34,35,41)/t20-/m1/s1. The molecule has 2 aliphatic heterocycles. The zero-order valence-electron chi connectivity index (χ0n) is 24.9. The van der Waals surface area contributed by atoms with Gasteiger partial charge in [-0.25, -0.2) is 9.67 Å². The number of carbonyl (C=O) groups is 2. The molecular weight excluding hydrogens is 564 g/mol. The number of hydrogen-bond donors (Lipinski definition) is 2. The van der Waals surface area contributed by atoms with Crippen molar-refractivity contribution < 1.29 is 14.3 Å². The fourth-order valence-corrected chi connectivity index (χ4v) is 6.72. The Morgan fingerprint density at radius 2 is 2.05 bits per heavy atom. The Hall–Kier alpha value is -4.00. The third-order valence-corrected chi connectivity index (χ3v) is 9.31. The molecule has 1 atom stereocenters. The zero-order valence-corrected chi connectivity index (χ0v) is 25.7. The number of thiophene rings is 1. The number of nitrogens with zero attached hydrogens (tertiary/aromatic N) is 6. The van der Waals surface area contributed by atoms with E-state index < -0.39 is 0 Å². The number of imidazole rings is 1. The molecular formula is C31H38N8O3S. The number of aromatic nitrogens is 4. The van der Waals surface area contributed by atoms with E-state index in [1.807, 2.05) is 7.05 Å². The first-order valence-electron chi connectivity index (χ1n) is 14.7. The first-order valence-corrected chi connectivity index (χ1v) is 15.5. The van der Waals surface area contributed by atoms with Gasteiger partial charge in [-0.2, -0.15) is 5.10 Å². The SMILES string of the molecule is C=CC(=O)Nc1cc2sc1-c1cnn(C)c1OCCC[C@@H](C)Cn1c(nc3ccc(CN4CCN(C)CC4)cc31)NC2=O. The summed E-state index contributed by atoms with van der Waals surface area (Å²) in [6.07, 6.45) is 4.69. The van der Waals surface area contributed by atoms with Gasteiger partial charge in [-0.05, 0) is 55.6 Å². The predicted molar refractivity (Wildman–Crippen MR) is 170 cm³/mol. The van der Waals surface area contributed by atoms with Gasteiger partial charge in [-0.3, -0.25) is 19.8 Å². The largest absolute Gasteiger partial charge is 0.477 e. The molecule has 0 aliphatic carbocycles. The van der Waals surface area contributed by atoms with Crippen LogP contribution in [0.3, 0.4) is 0 Å². The molecule has 5 heterocycles. The molecule has 2 N–H and O–H groups in total. The molecule has 11 nitrogen and oxygen atoms in total. The lowest BCUT2D eigenvalue weighted by molar-refractivity contribution is -0.111. The molecule has 6 rings (SSSR count). The van der Waals surface area contributed by atoms with Crippen LogP contribution in [0.15, 0.2) is 43.1 Å². The van der Waals surface area contributed by atoms with Crippen molar-refractivity contribution in [2.24, 2.45) is 13.0 Å². The molecule has 1 saturated heterocycles. The van der Waals surface area contributed by atoms with Gasteiger partial charge in [0.05, 0.1) is 44.8 Å². The number of anilines is 2. The monoisotopic (exact) mass is 602 g/mol. The Morgan fingerprint density at radius 1 is 1.23 bits per heavy atom. The van der Waals surface area contributed by atoms with E-state index in [0.29, 0.717) is 51.9 Å². The Balaban J connectivity index is 1.37. The van der Waals surface area contributed by atoms with Gasteiger partial charge < -0.3 is 19.5 Å². The summed E-state index contributed by atoms with van der Waals surface area (Å²) >= 11 is 1.27. The van der Waals surface area contributed by atoms with Crippen LogP contribution in [0.4, 0.5) is 11.6 Å². The Bertz CT molecular complexity index is 1660. The van der Waals surface area contributed by atoms with Crippen LogP contribution in [0.2, 0.25) is 0 Å². The van der Waals surface area contributed by atoms with Crippen molar-refractivity contribution in [1.82, 2.24) is 29.1 Å². The quantitative estimate of drug-likeness (QED) is 0.333. The molecule has 0 spiro atoms. The van der Waals surface area contributed by atoms with Crippen molar-refractivity contribution >= 4 is 45.8 Å². The molecule has 0 saturated carbocycles. The summed E-state index contributed by atoms with van der Waals surface area (Å²) in [5, 5.41) is 10.3. The van der Waals surface area contributed by atoms with E-state index in [1.165, 1.54) is 23.0 Å². The van der Waals surface area contributed by atoms with Gasteiger partial charge in [0.2, 0.25) is 17.7 Å². The zero-order chi connectivity index (χ0) is 30.1. The highest BCUT2D eigenvalue weighted by atomic mass is 32.1. The van der Waals surface area contributed by atoms with Gasteiger partial charge in [0, 0.05) is 46.3 Å². The van der Waals surface area contributed by atoms with Crippen LogP contribution >= 0.6 is 11.3 Å². The van der Waals surface area contributed by atoms with E-state index in [0.717, 1.165) is 56.6 Å². The summed E-state index contributed by atoms with van der Waals surface area (Å²) in [4.78, 5) is 36.9. The fraction of sp³-hybridized carbons (Fsp3) is 0.419. The number of likely N-dealkylation sites (N-methyl/N-ethyl adjacent to an activating group) is 1. The van der Waals surface area contributed by atoms with E-state index >= 15 is 0 Å². The lowest BCUT2D eigenvalue weighted by atomic mass is 10.1. The third-order valence-electron chi connectivity index (χ3n) is 8.14. The Labute approximate surface area is 255 Å². The molecule has 43 heavy (non-hydrogen) atoms. The smallest absolute Gasteiger partial charge is 0.268 e. The number of hydrogen-bond acceptors (Lipinski definition) is 8. The van der Waals surface area contributed by atoms with Crippen LogP contribution in [-0.2, 0) is 24.9 Å².